The molecule has 0 saturated carbocycles. The summed E-state index contributed by atoms with van der Waals surface area (Å²) in [6.45, 7) is 0.547. The highest BCUT2D eigenvalue weighted by Crippen LogP contribution is 2.19. The highest BCUT2D eigenvalue weighted by Gasteiger charge is 2.16. The summed E-state index contributed by atoms with van der Waals surface area (Å²) in [7, 11) is -0.416. The Morgan fingerprint density at radius 2 is 1.76 bits per heavy atom. The van der Waals surface area contributed by atoms with Gasteiger partial charge in [-0.15, -0.1) is 0 Å². The Hall–Kier alpha value is -2.05. The Balaban J connectivity index is 2.13. The van der Waals surface area contributed by atoms with Crippen molar-refractivity contribution in [2.24, 2.45) is 0 Å². The average Bonchev–Trinajstić information content (AvgIpc) is 2.47. The second-order valence-electron chi connectivity index (χ2n) is 4.84. The number of benzene rings is 2. The van der Waals surface area contributed by atoms with Gasteiger partial charge in [0.25, 0.3) is 0 Å². The average molecular weight is 306 g/mol. The van der Waals surface area contributed by atoms with Gasteiger partial charge in [0.1, 0.15) is 5.75 Å². The fraction of sp³-hybridized carbons (Fsp3) is 0.200. The summed E-state index contributed by atoms with van der Waals surface area (Å²) >= 11 is 0. The number of aromatic hydroxyl groups is 1. The van der Waals surface area contributed by atoms with Gasteiger partial charge in [0.15, 0.2) is 0 Å². The van der Waals surface area contributed by atoms with Crippen LogP contribution in [0.3, 0.4) is 0 Å². The van der Waals surface area contributed by atoms with Crippen LogP contribution in [0.4, 0.5) is 5.69 Å². The first-order valence-electron chi connectivity index (χ1n) is 6.44. The number of nitrogens with one attached hydrogen (secondary N) is 1. The normalized spacial score (nSPS) is 11.6. The fourth-order valence-corrected chi connectivity index (χ4v) is 2.74. The largest absolute Gasteiger partial charge is 0.508 e. The third kappa shape index (κ3) is 3.74. The van der Waals surface area contributed by atoms with Crippen molar-refractivity contribution >= 4 is 15.7 Å². The number of nitrogens with zero attached hydrogens (tertiary/aromatic N) is 1. The molecule has 0 amide bonds. The van der Waals surface area contributed by atoms with Crippen molar-refractivity contribution in [3.63, 3.8) is 0 Å². The predicted molar refractivity (Wildman–Crippen MR) is 82.7 cm³/mol. The van der Waals surface area contributed by atoms with Gasteiger partial charge in [-0.3, -0.25) is 0 Å². The van der Waals surface area contributed by atoms with E-state index < -0.39 is 10.0 Å². The SMILES string of the molecule is CN(C)S(=O)(=O)c1cccc(NCc2ccc(O)cc2)c1. The van der Waals surface area contributed by atoms with Gasteiger partial charge in [-0.1, -0.05) is 18.2 Å². The molecule has 21 heavy (non-hydrogen) atoms. The molecule has 0 bridgehead atoms. The third-order valence-electron chi connectivity index (χ3n) is 3.05. The van der Waals surface area contributed by atoms with Crippen molar-refractivity contribution in [1.82, 2.24) is 4.31 Å². The highest BCUT2D eigenvalue weighted by molar-refractivity contribution is 7.89. The molecule has 0 atom stereocenters. The van der Waals surface area contributed by atoms with Crippen molar-refractivity contribution < 1.29 is 13.5 Å². The lowest BCUT2D eigenvalue weighted by atomic mass is 10.2. The second kappa shape index (κ2) is 6.15. The molecule has 5 nitrogen and oxygen atoms in total. The molecule has 2 rings (SSSR count). The van der Waals surface area contributed by atoms with Crippen LogP contribution in [0.25, 0.3) is 0 Å². The first-order chi connectivity index (χ1) is 9.89. The van der Waals surface area contributed by atoms with E-state index >= 15 is 0 Å². The van der Waals surface area contributed by atoms with Crippen LogP contribution in [0, 0.1) is 0 Å². The van der Waals surface area contributed by atoms with E-state index in [4.69, 9.17) is 0 Å². The van der Waals surface area contributed by atoms with E-state index in [-0.39, 0.29) is 10.6 Å². The van der Waals surface area contributed by atoms with Crippen molar-refractivity contribution in [3.05, 3.63) is 54.1 Å². The Morgan fingerprint density at radius 3 is 2.38 bits per heavy atom. The number of phenolic OH excluding ortho intramolecular Hbond substituents is 1. The first-order valence-corrected chi connectivity index (χ1v) is 7.88. The quantitative estimate of drug-likeness (QED) is 0.889. The minimum Gasteiger partial charge on any atom is -0.508 e. The molecule has 2 aromatic rings. The standard InChI is InChI=1S/C15H18N2O3S/c1-17(2)21(19,20)15-5-3-4-13(10-15)16-11-12-6-8-14(18)9-7-12/h3-10,16,18H,11H2,1-2H3. The number of anilines is 1. The zero-order valence-corrected chi connectivity index (χ0v) is 12.8. The number of hydrogen-bond donors (Lipinski definition) is 2. The Labute approximate surface area is 124 Å². The molecule has 0 heterocycles. The van der Waals surface area contributed by atoms with Gasteiger partial charge in [0, 0.05) is 26.3 Å². The minimum atomic E-state index is -3.43. The summed E-state index contributed by atoms with van der Waals surface area (Å²) in [5, 5.41) is 12.4. The van der Waals surface area contributed by atoms with Gasteiger partial charge in [-0.2, -0.15) is 0 Å². The molecule has 2 N–H and O–H groups in total. The molecule has 6 heteroatoms. The molecule has 0 aliphatic rings. The van der Waals surface area contributed by atoms with Crippen molar-refractivity contribution in [1.29, 1.82) is 0 Å². The molecule has 0 radical (unpaired) electrons. The lowest BCUT2D eigenvalue weighted by Gasteiger charge is -2.13. The second-order valence-corrected chi connectivity index (χ2v) is 6.99. The number of sulfonamides is 1. The lowest BCUT2D eigenvalue weighted by Crippen LogP contribution is -2.22. The van der Waals surface area contributed by atoms with E-state index in [0.29, 0.717) is 6.54 Å². The highest BCUT2D eigenvalue weighted by atomic mass is 32.2. The van der Waals surface area contributed by atoms with E-state index in [1.165, 1.54) is 18.4 Å². The molecule has 0 aliphatic heterocycles. The Morgan fingerprint density at radius 1 is 1.10 bits per heavy atom. The number of hydrogen-bond acceptors (Lipinski definition) is 4. The summed E-state index contributed by atoms with van der Waals surface area (Å²) in [5.74, 6) is 0.220. The summed E-state index contributed by atoms with van der Waals surface area (Å²) in [4.78, 5) is 0.253. The van der Waals surface area contributed by atoms with E-state index in [1.54, 1.807) is 30.3 Å². The van der Waals surface area contributed by atoms with Crippen LogP contribution in [0.15, 0.2) is 53.4 Å². The van der Waals surface area contributed by atoms with Crippen LogP contribution >= 0.6 is 0 Å². The summed E-state index contributed by atoms with van der Waals surface area (Å²) in [6, 6.07) is 13.5. The molecule has 0 unspecified atom stereocenters. The molecule has 0 saturated heterocycles. The zero-order chi connectivity index (χ0) is 15.5. The molecule has 0 fully saturated rings. The van der Waals surface area contributed by atoms with Crippen LogP contribution in [0.5, 0.6) is 5.75 Å². The zero-order valence-electron chi connectivity index (χ0n) is 11.9. The summed E-state index contributed by atoms with van der Waals surface area (Å²) in [6.07, 6.45) is 0. The van der Waals surface area contributed by atoms with E-state index in [0.717, 1.165) is 11.3 Å². The number of phenols is 1. The molecular weight excluding hydrogens is 288 g/mol. The maximum atomic E-state index is 12.1. The lowest BCUT2D eigenvalue weighted by molar-refractivity contribution is 0.475. The van der Waals surface area contributed by atoms with Crippen molar-refractivity contribution in [3.8, 4) is 5.75 Å². The minimum absolute atomic E-state index is 0.220. The van der Waals surface area contributed by atoms with Crippen LogP contribution in [0.1, 0.15) is 5.56 Å². The molecule has 0 spiro atoms. The molecule has 2 aromatic carbocycles. The maximum Gasteiger partial charge on any atom is 0.242 e. The van der Waals surface area contributed by atoms with E-state index in [2.05, 4.69) is 5.32 Å². The van der Waals surface area contributed by atoms with Crippen molar-refractivity contribution in [2.75, 3.05) is 19.4 Å². The Bertz CT molecular complexity index is 710. The topological polar surface area (TPSA) is 69.6 Å². The number of rotatable bonds is 5. The molecule has 0 aliphatic carbocycles. The monoisotopic (exact) mass is 306 g/mol. The van der Waals surface area contributed by atoms with Gasteiger partial charge in [0.2, 0.25) is 10.0 Å². The predicted octanol–water partition coefficient (Wildman–Crippen LogP) is 2.25. The van der Waals surface area contributed by atoms with E-state index in [9.17, 15) is 13.5 Å². The van der Waals surface area contributed by atoms with Gasteiger partial charge in [0.05, 0.1) is 4.90 Å². The van der Waals surface area contributed by atoms with Gasteiger partial charge < -0.3 is 10.4 Å². The van der Waals surface area contributed by atoms with Crippen LogP contribution in [-0.2, 0) is 16.6 Å². The van der Waals surface area contributed by atoms with Crippen LogP contribution in [-0.4, -0.2) is 31.9 Å². The summed E-state index contributed by atoms with van der Waals surface area (Å²) < 4.78 is 25.3. The van der Waals surface area contributed by atoms with Crippen LogP contribution in [0.2, 0.25) is 0 Å². The van der Waals surface area contributed by atoms with Crippen molar-refractivity contribution in [2.45, 2.75) is 11.4 Å². The molecule has 0 aromatic heterocycles. The maximum absolute atomic E-state index is 12.1. The summed E-state index contributed by atoms with van der Waals surface area (Å²) in [5.41, 5.74) is 1.72. The van der Waals surface area contributed by atoms with Gasteiger partial charge in [-0.05, 0) is 35.9 Å². The molecule has 112 valence electrons. The third-order valence-corrected chi connectivity index (χ3v) is 4.86. The Kier molecular flexibility index (Phi) is 4.50. The van der Waals surface area contributed by atoms with Gasteiger partial charge >= 0.3 is 0 Å². The first kappa shape index (κ1) is 15.3. The van der Waals surface area contributed by atoms with Crippen LogP contribution < -0.4 is 5.32 Å². The van der Waals surface area contributed by atoms with Gasteiger partial charge in [-0.25, -0.2) is 12.7 Å². The smallest absolute Gasteiger partial charge is 0.242 e. The van der Waals surface area contributed by atoms with E-state index in [1.807, 2.05) is 18.2 Å². The molecular formula is C15H18N2O3S. The fourth-order valence-electron chi connectivity index (χ4n) is 1.80.